The lowest BCUT2D eigenvalue weighted by molar-refractivity contribution is -0.0520. The number of nitrogens with zero attached hydrogens (tertiary/aromatic N) is 2. The first-order valence-corrected chi connectivity index (χ1v) is 9.28. The van der Waals surface area contributed by atoms with Crippen LogP contribution < -0.4 is 9.47 Å². The molecule has 1 unspecified atom stereocenters. The number of nitrogens with one attached hydrogen (secondary N) is 1. The number of H-pyrrole nitrogens is 1. The number of fused-ring (bicyclic) bond motifs is 1. The Morgan fingerprint density at radius 1 is 1.26 bits per heavy atom. The molecule has 1 aromatic carbocycles. The van der Waals surface area contributed by atoms with E-state index in [9.17, 15) is 14.0 Å². The summed E-state index contributed by atoms with van der Waals surface area (Å²) in [6, 6.07) is 7.37. The number of benzene rings is 1. The average molecular weight is 373 g/mol. The molecule has 27 heavy (non-hydrogen) atoms. The van der Waals surface area contributed by atoms with Gasteiger partial charge >= 0.3 is 6.61 Å². The van der Waals surface area contributed by atoms with Crippen molar-refractivity contribution in [1.29, 1.82) is 5.26 Å². The lowest BCUT2D eigenvalue weighted by Gasteiger charge is -2.31. The van der Waals surface area contributed by atoms with Gasteiger partial charge in [-0.2, -0.15) is 19.1 Å². The van der Waals surface area contributed by atoms with Crippen LogP contribution in [0, 0.1) is 11.3 Å². The maximum absolute atomic E-state index is 12.8. The molecule has 1 aromatic heterocycles. The van der Waals surface area contributed by atoms with Gasteiger partial charge in [0.1, 0.15) is 0 Å². The number of aromatic nitrogens is 2. The molecule has 5 nitrogen and oxygen atoms in total. The van der Waals surface area contributed by atoms with Crippen LogP contribution in [0.3, 0.4) is 0 Å². The summed E-state index contributed by atoms with van der Waals surface area (Å²) in [5, 5.41) is 17.0. The Kier molecular flexibility index (Phi) is 4.73. The molecule has 1 atom stereocenters. The van der Waals surface area contributed by atoms with Crippen molar-refractivity contribution in [1.82, 2.24) is 10.2 Å². The van der Waals surface area contributed by atoms with E-state index in [2.05, 4.69) is 21.0 Å². The minimum absolute atomic E-state index is 0.00476. The number of ether oxygens (including phenoxy) is 2. The maximum atomic E-state index is 12.8. The van der Waals surface area contributed by atoms with Gasteiger partial charge < -0.3 is 9.47 Å². The van der Waals surface area contributed by atoms with Crippen molar-refractivity contribution in [2.45, 2.75) is 63.1 Å². The third kappa shape index (κ3) is 3.48. The first-order valence-electron chi connectivity index (χ1n) is 9.28. The number of nitriles is 1. The molecule has 0 saturated heterocycles. The molecule has 0 amide bonds. The van der Waals surface area contributed by atoms with Crippen LogP contribution in [0.5, 0.6) is 11.5 Å². The molecule has 4 rings (SSSR count). The molecule has 2 aliphatic rings. The Labute approximate surface area is 156 Å². The Morgan fingerprint density at radius 2 is 2.07 bits per heavy atom. The molecule has 2 aliphatic carbocycles. The van der Waals surface area contributed by atoms with Gasteiger partial charge in [0, 0.05) is 5.69 Å². The summed E-state index contributed by atoms with van der Waals surface area (Å²) in [6.45, 7) is -2.92. The summed E-state index contributed by atoms with van der Waals surface area (Å²) in [5.41, 5.74) is 2.12. The maximum Gasteiger partial charge on any atom is 0.387 e. The van der Waals surface area contributed by atoms with Crippen LogP contribution in [0.25, 0.3) is 0 Å². The van der Waals surface area contributed by atoms with Crippen molar-refractivity contribution in [2.75, 3.05) is 0 Å². The number of aryl methyl sites for hydroxylation is 1. The third-order valence-electron chi connectivity index (χ3n) is 5.62. The quantitative estimate of drug-likeness (QED) is 0.849. The average Bonchev–Trinajstić information content (AvgIpc) is 3.33. The molecule has 1 N–H and O–H groups in total. The van der Waals surface area contributed by atoms with Crippen LogP contribution in [-0.2, 0) is 18.3 Å². The van der Waals surface area contributed by atoms with E-state index in [1.807, 2.05) is 0 Å². The van der Waals surface area contributed by atoms with Gasteiger partial charge in [-0.1, -0.05) is 6.07 Å². The second-order valence-electron chi connectivity index (χ2n) is 7.31. The molecule has 0 aliphatic heterocycles. The van der Waals surface area contributed by atoms with Gasteiger partial charge in [-0.3, -0.25) is 5.10 Å². The van der Waals surface area contributed by atoms with Crippen LogP contribution in [0.4, 0.5) is 8.78 Å². The Hall–Kier alpha value is -2.62. The first-order chi connectivity index (χ1) is 13.1. The minimum atomic E-state index is -2.92. The lowest BCUT2D eigenvalue weighted by atomic mass is 9.70. The zero-order chi connectivity index (χ0) is 18.9. The van der Waals surface area contributed by atoms with Crippen LogP contribution in [0.15, 0.2) is 24.4 Å². The predicted molar refractivity (Wildman–Crippen MR) is 93.9 cm³/mol. The van der Waals surface area contributed by atoms with Gasteiger partial charge in [0.15, 0.2) is 11.5 Å². The van der Waals surface area contributed by atoms with E-state index in [4.69, 9.17) is 4.74 Å². The van der Waals surface area contributed by atoms with Gasteiger partial charge in [-0.15, -0.1) is 0 Å². The fraction of sp³-hybridized carbons (Fsp3) is 0.500. The predicted octanol–water partition coefficient (Wildman–Crippen LogP) is 4.28. The van der Waals surface area contributed by atoms with E-state index in [0.717, 1.165) is 48.9 Å². The van der Waals surface area contributed by atoms with Crippen LogP contribution in [0.1, 0.15) is 48.9 Å². The molecule has 1 fully saturated rings. The lowest BCUT2D eigenvalue weighted by Crippen LogP contribution is -2.31. The highest BCUT2D eigenvalue weighted by Gasteiger charge is 2.38. The number of aromatic amines is 1. The second-order valence-corrected chi connectivity index (χ2v) is 7.31. The van der Waals surface area contributed by atoms with Crippen LogP contribution >= 0.6 is 0 Å². The monoisotopic (exact) mass is 373 g/mol. The Balaban J connectivity index is 1.68. The number of rotatable bonds is 5. The van der Waals surface area contributed by atoms with E-state index in [1.165, 1.54) is 6.07 Å². The van der Waals surface area contributed by atoms with Crippen LogP contribution in [0.2, 0.25) is 0 Å². The van der Waals surface area contributed by atoms with Gasteiger partial charge in [0.05, 0.1) is 23.8 Å². The standard InChI is InChI=1S/C20H21F2N3O2/c21-19(22)27-17-6-5-14(9-18(17)26-15-3-1-2-4-15)20(12-23)8-7-16-13(10-20)11-24-25-16/h5-6,9,11,15,19H,1-4,7-8,10H2,(H,24,25). The smallest absolute Gasteiger partial charge is 0.387 e. The van der Waals surface area contributed by atoms with Crippen molar-refractivity contribution in [3.8, 4) is 17.6 Å². The van der Waals surface area contributed by atoms with E-state index in [1.54, 1.807) is 18.3 Å². The second kappa shape index (κ2) is 7.18. The summed E-state index contributed by atoms with van der Waals surface area (Å²) < 4.78 is 36.2. The van der Waals surface area contributed by atoms with Gasteiger partial charge in [0.2, 0.25) is 0 Å². The number of hydrogen-bond acceptors (Lipinski definition) is 4. The summed E-state index contributed by atoms with van der Waals surface area (Å²) in [5.74, 6) is 0.320. The van der Waals surface area contributed by atoms with E-state index < -0.39 is 12.0 Å². The zero-order valence-corrected chi connectivity index (χ0v) is 14.9. The van der Waals surface area contributed by atoms with Gasteiger partial charge in [-0.25, -0.2) is 0 Å². The van der Waals surface area contributed by atoms with Crippen molar-refractivity contribution in [2.24, 2.45) is 0 Å². The topological polar surface area (TPSA) is 70.9 Å². The highest BCUT2D eigenvalue weighted by Crippen LogP contribution is 2.42. The van der Waals surface area contributed by atoms with Crippen molar-refractivity contribution in [3.63, 3.8) is 0 Å². The molecule has 0 radical (unpaired) electrons. The summed E-state index contributed by atoms with van der Waals surface area (Å²) in [6.07, 6.45) is 7.60. The van der Waals surface area contributed by atoms with Crippen molar-refractivity contribution < 1.29 is 18.3 Å². The zero-order valence-electron chi connectivity index (χ0n) is 14.9. The summed E-state index contributed by atoms with van der Waals surface area (Å²) in [7, 11) is 0. The summed E-state index contributed by atoms with van der Waals surface area (Å²) in [4.78, 5) is 0. The van der Waals surface area contributed by atoms with E-state index in [-0.39, 0.29) is 11.9 Å². The molecule has 0 bridgehead atoms. The number of alkyl halides is 2. The van der Waals surface area contributed by atoms with Crippen molar-refractivity contribution >= 4 is 0 Å². The molecule has 1 saturated carbocycles. The SMILES string of the molecule is N#CC1(c2ccc(OC(F)F)c(OC3CCCC3)c2)CCc2[nH]ncc2C1. The number of halogens is 2. The molecule has 0 spiro atoms. The number of hydrogen-bond donors (Lipinski definition) is 1. The van der Waals surface area contributed by atoms with Gasteiger partial charge in [0.25, 0.3) is 0 Å². The fourth-order valence-electron chi connectivity index (χ4n) is 4.14. The third-order valence-corrected chi connectivity index (χ3v) is 5.62. The molecule has 2 aromatic rings. The van der Waals surface area contributed by atoms with Crippen molar-refractivity contribution in [3.05, 3.63) is 41.2 Å². The Morgan fingerprint density at radius 3 is 2.81 bits per heavy atom. The molecule has 1 heterocycles. The molecular weight excluding hydrogens is 352 g/mol. The Bertz CT molecular complexity index is 855. The highest BCUT2D eigenvalue weighted by atomic mass is 19.3. The van der Waals surface area contributed by atoms with E-state index in [0.29, 0.717) is 18.6 Å². The first kappa shape index (κ1) is 17.8. The van der Waals surface area contributed by atoms with Crippen LogP contribution in [-0.4, -0.2) is 22.9 Å². The van der Waals surface area contributed by atoms with Gasteiger partial charge in [-0.05, 0) is 68.2 Å². The molecule has 7 heteroatoms. The van der Waals surface area contributed by atoms with E-state index >= 15 is 0 Å². The summed E-state index contributed by atoms with van der Waals surface area (Å²) >= 11 is 0. The minimum Gasteiger partial charge on any atom is -0.487 e. The molecule has 142 valence electrons. The molecular formula is C20H21F2N3O2. The normalized spacial score (nSPS) is 22.4. The largest absolute Gasteiger partial charge is 0.487 e. The highest BCUT2D eigenvalue weighted by molar-refractivity contribution is 5.49. The fourth-order valence-corrected chi connectivity index (χ4v) is 4.14.